The third-order valence-electron chi connectivity index (χ3n) is 4.51. The second kappa shape index (κ2) is 6.08. The molecule has 20 heavy (non-hydrogen) atoms. The largest absolute Gasteiger partial charge is 0.338 e. The number of carbonyl (C=O) groups is 1. The van der Waals surface area contributed by atoms with E-state index in [1.165, 1.54) is 17.5 Å². The molecule has 0 saturated heterocycles. The summed E-state index contributed by atoms with van der Waals surface area (Å²) in [5.41, 5.74) is 3.03. The number of hydrogen-bond acceptors (Lipinski definition) is 2. The minimum Gasteiger partial charge on any atom is -0.338 e. The fourth-order valence-electron chi connectivity index (χ4n) is 3.45. The van der Waals surface area contributed by atoms with Gasteiger partial charge in [0.25, 0.3) is 0 Å². The van der Waals surface area contributed by atoms with Crippen LogP contribution in [0.25, 0.3) is 0 Å². The summed E-state index contributed by atoms with van der Waals surface area (Å²) in [7, 11) is 0. The average molecular weight is 290 g/mol. The first-order chi connectivity index (χ1) is 9.81. The molecule has 3 rings (SSSR count). The maximum atomic E-state index is 11.7. The summed E-state index contributed by atoms with van der Waals surface area (Å²) in [5.74, 6) is 3.22. The third-order valence-corrected chi connectivity index (χ3v) is 5.21. The molecule has 108 valence electrons. The number of rotatable bonds is 6. The number of urea groups is 1. The van der Waals surface area contributed by atoms with E-state index in [9.17, 15) is 4.79 Å². The van der Waals surface area contributed by atoms with Gasteiger partial charge in [-0.25, -0.2) is 4.79 Å². The highest BCUT2D eigenvalue weighted by molar-refractivity contribution is 7.98. The zero-order valence-electron chi connectivity index (χ0n) is 11.9. The van der Waals surface area contributed by atoms with Crippen LogP contribution in [0.5, 0.6) is 0 Å². The molecule has 1 fully saturated rings. The zero-order valence-corrected chi connectivity index (χ0v) is 12.7. The van der Waals surface area contributed by atoms with Gasteiger partial charge in [-0.1, -0.05) is 24.3 Å². The molecule has 0 unspecified atom stereocenters. The SMILES string of the molecule is CSCCCNC(=O)NC[C@@H]1[C@H]2Cc3ccccc3[C@@H]12. The van der Waals surface area contributed by atoms with Crippen LogP contribution in [-0.4, -0.2) is 31.1 Å². The van der Waals surface area contributed by atoms with Gasteiger partial charge in [-0.2, -0.15) is 11.8 Å². The van der Waals surface area contributed by atoms with Gasteiger partial charge in [0.15, 0.2) is 0 Å². The number of fused-ring (bicyclic) bond motifs is 3. The van der Waals surface area contributed by atoms with Gasteiger partial charge in [0.05, 0.1) is 0 Å². The van der Waals surface area contributed by atoms with E-state index in [4.69, 9.17) is 0 Å². The molecule has 3 atom stereocenters. The van der Waals surface area contributed by atoms with E-state index in [-0.39, 0.29) is 6.03 Å². The van der Waals surface area contributed by atoms with E-state index in [2.05, 4.69) is 41.2 Å². The summed E-state index contributed by atoms with van der Waals surface area (Å²) < 4.78 is 0. The molecule has 2 aliphatic rings. The molecule has 0 bridgehead atoms. The van der Waals surface area contributed by atoms with E-state index in [1.807, 2.05) is 11.8 Å². The Bertz CT molecular complexity index is 491. The molecule has 0 radical (unpaired) electrons. The van der Waals surface area contributed by atoms with Crippen LogP contribution in [0.1, 0.15) is 23.5 Å². The van der Waals surface area contributed by atoms with Crippen molar-refractivity contribution >= 4 is 17.8 Å². The Morgan fingerprint density at radius 3 is 3.05 bits per heavy atom. The van der Waals surface area contributed by atoms with Gasteiger partial charge in [-0.3, -0.25) is 0 Å². The first-order valence-electron chi connectivity index (χ1n) is 7.39. The highest BCUT2D eigenvalue weighted by Crippen LogP contribution is 2.60. The summed E-state index contributed by atoms with van der Waals surface area (Å²) in [6.07, 6.45) is 4.32. The van der Waals surface area contributed by atoms with Crippen LogP contribution < -0.4 is 10.6 Å². The maximum Gasteiger partial charge on any atom is 0.314 e. The Kier molecular flexibility index (Phi) is 4.20. The summed E-state index contributed by atoms with van der Waals surface area (Å²) in [6.45, 7) is 1.59. The second-order valence-electron chi connectivity index (χ2n) is 5.74. The van der Waals surface area contributed by atoms with Crippen molar-refractivity contribution in [3.63, 3.8) is 0 Å². The molecule has 0 spiro atoms. The lowest BCUT2D eigenvalue weighted by molar-refractivity contribution is 0.240. The van der Waals surface area contributed by atoms with Crippen molar-refractivity contribution in [2.24, 2.45) is 11.8 Å². The van der Waals surface area contributed by atoms with Crippen molar-refractivity contribution in [1.29, 1.82) is 0 Å². The van der Waals surface area contributed by atoms with Crippen LogP contribution in [0, 0.1) is 11.8 Å². The van der Waals surface area contributed by atoms with E-state index in [0.717, 1.165) is 31.2 Å². The van der Waals surface area contributed by atoms with Crippen molar-refractivity contribution in [2.45, 2.75) is 18.8 Å². The van der Waals surface area contributed by atoms with E-state index < -0.39 is 0 Å². The second-order valence-corrected chi connectivity index (χ2v) is 6.73. The molecule has 0 heterocycles. The van der Waals surface area contributed by atoms with Crippen LogP contribution in [0.3, 0.4) is 0 Å². The smallest absolute Gasteiger partial charge is 0.314 e. The summed E-state index contributed by atoms with van der Waals surface area (Å²) in [4.78, 5) is 11.7. The number of thioether (sulfide) groups is 1. The maximum absolute atomic E-state index is 11.7. The molecular formula is C16H22N2OS. The van der Waals surface area contributed by atoms with Crippen molar-refractivity contribution in [1.82, 2.24) is 10.6 Å². The summed E-state index contributed by atoms with van der Waals surface area (Å²) in [5, 5.41) is 5.95. The standard InChI is InChI=1S/C16H22N2OS/c1-20-8-4-7-17-16(19)18-10-14-13-9-11-5-2-3-6-12(11)15(13)14/h2-3,5-6,13-15H,4,7-10H2,1H3,(H2,17,18,19)/t13-,14-,15-/m1/s1. The zero-order chi connectivity index (χ0) is 13.9. The molecule has 2 aliphatic carbocycles. The molecular weight excluding hydrogens is 268 g/mol. The highest BCUT2D eigenvalue weighted by atomic mass is 32.2. The first kappa shape index (κ1) is 13.8. The Morgan fingerprint density at radius 1 is 1.35 bits per heavy atom. The predicted octanol–water partition coefficient (Wildman–Crippen LogP) is 2.62. The minimum atomic E-state index is -0.00985. The van der Waals surface area contributed by atoms with Crippen LogP contribution in [0.4, 0.5) is 4.79 Å². The van der Waals surface area contributed by atoms with Crippen molar-refractivity contribution in [3.8, 4) is 0 Å². The molecule has 4 heteroatoms. The number of nitrogens with one attached hydrogen (secondary N) is 2. The van der Waals surface area contributed by atoms with Crippen molar-refractivity contribution < 1.29 is 4.79 Å². The van der Waals surface area contributed by atoms with Gasteiger partial charge in [0.1, 0.15) is 0 Å². The molecule has 1 aromatic carbocycles. The predicted molar refractivity (Wildman–Crippen MR) is 84.3 cm³/mol. The number of amides is 2. The molecule has 1 saturated carbocycles. The molecule has 3 nitrogen and oxygen atoms in total. The monoisotopic (exact) mass is 290 g/mol. The van der Waals surface area contributed by atoms with Gasteiger partial charge in [0.2, 0.25) is 0 Å². The van der Waals surface area contributed by atoms with Gasteiger partial charge in [-0.15, -0.1) is 0 Å². The Labute approximate surface area is 124 Å². The fraction of sp³-hybridized carbons (Fsp3) is 0.562. The van der Waals surface area contributed by atoms with E-state index in [0.29, 0.717) is 11.8 Å². The lowest BCUT2D eigenvalue weighted by Gasteiger charge is -2.10. The average Bonchev–Trinajstić information content (AvgIpc) is 3.00. The van der Waals surface area contributed by atoms with Crippen LogP contribution in [0.15, 0.2) is 24.3 Å². The lowest BCUT2D eigenvalue weighted by atomic mass is 10.0. The summed E-state index contributed by atoms with van der Waals surface area (Å²) in [6, 6.07) is 8.73. The topological polar surface area (TPSA) is 41.1 Å². The highest BCUT2D eigenvalue weighted by Gasteiger charge is 2.54. The molecule has 1 aromatic rings. The molecule has 0 aromatic heterocycles. The molecule has 0 aliphatic heterocycles. The molecule has 2 N–H and O–H groups in total. The van der Waals surface area contributed by atoms with Gasteiger partial charge < -0.3 is 10.6 Å². The Morgan fingerprint density at radius 2 is 2.20 bits per heavy atom. The lowest BCUT2D eigenvalue weighted by Crippen LogP contribution is -2.37. The van der Waals surface area contributed by atoms with E-state index in [1.54, 1.807) is 0 Å². The number of benzene rings is 1. The first-order valence-corrected chi connectivity index (χ1v) is 8.79. The van der Waals surface area contributed by atoms with Gasteiger partial charge in [-0.05, 0) is 53.7 Å². The molecule has 2 amide bonds. The van der Waals surface area contributed by atoms with E-state index >= 15 is 0 Å². The quantitative estimate of drug-likeness (QED) is 0.791. The van der Waals surface area contributed by atoms with Crippen molar-refractivity contribution in [2.75, 3.05) is 25.1 Å². The Balaban J connectivity index is 1.39. The van der Waals surface area contributed by atoms with Gasteiger partial charge in [0, 0.05) is 13.1 Å². The van der Waals surface area contributed by atoms with Crippen molar-refractivity contribution in [3.05, 3.63) is 35.4 Å². The fourth-order valence-corrected chi connectivity index (χ4v) is 3.89. The number of hydrogen-bond donors (Lipinski definition) is 2. The van der Waals surface area contributed by atoms with Gasteiger partial charge >= 0.3 is 6.03 Å². The minimum absolute atomic E-state index is 0.00985. The van der Waals surface area contributed by atoms with Crippen LogP contribution in [0.2, 0.25) is 0 Å². The normalized spacial score (nSPS) is 25.8. The third kappa shape index (κ3) is 2.80. The Hall–Kier alpha value is -1.16. The summed E-state index contributed by atoms with van der Waals surface area (Å²) >= 11 is 1.81. The van der Waals surface area contributed by atoms with Crippen LogP contribution in [-0.2, 0) is 6.42 Å². The van der Waals surface area contributed by atoms with Crippen LogP contribution >= 0.6 is 11.8 Å². The number of carbonyl (C=O) groups excluding carboxylic acids is 1.